The minimum absolute atomic E-state index is 0.0198. The number of aryl methyl sites for hydroxylation is 1. The Balaban J connectivity index is 1.31. The fourth-order valence-corrected chi connectivity index (χ4v) is 3.55. The van der Waals surface area contributed by atoms with Gasteiger partial charge >= 0.3 is 5.97 Å². The molecule has 0 aliphatic carbocycles. The molecule has 4 aromatic rings. The summed E-state index contributed by atoms with van der Waals surface area (Å²) in [7, 11) is 0. The molecular formula is C22H18N2O4S. The summed E-state index contributed by atoms with van der Waals surface area (Å²) >= 11 is 1.36. The number of hydrogen-bond donors (Lipinski definition) is 1. The third-order valence-electron chi connectivity index (χ3n) is 4.22. The van der Waals surface area contributed by atoms with Crippen LogP contribution in [0.3, 0.4) is 0 Å². The molecule has 2 aromatic heterocycles. The summed E-state index contributed by atoms with van der Waals surface area (Å²) in [6.07, 6.45) is 0.163. The number of ether oxygens (including phenoxy) is 1. The van der Waals surface area contributed by atoms with E-state index >= 15 is 0 Å². The van der Waals surface area contributed by atoms with Gasteiger partial charge in [0.1, 0.15) is 17.2 Å². The van der Waals surface area contributed by atoms with E-state index in [1.807, 2.05) is 49.4 Å². The Labute approximate surface area is 171 Å². The number of para-hydroxylation sites is 1. The molecule has 4 rings (SSSR count). The quantitative estimate of drug-likeness (QED) is 0.468. The van der Waals surface area contributed by atoms with E-state index in [2.05, 4.69) is 10.3 Å². The molecule has 7 heteroatoms. The molecule has 2 aromatic carbocycles. The maximum absolute atomic E-state index is 12.2. The van der Waals surface area contributed by atoms with Crippen LogP contribution in [0.1, 0.15) is 26.8 Å². The van der Waals surface area contributed by atoms with Crippen LogP contribution in [0.25, 0.3) is 11.0 Å². The molecule has 1 amide bonds. The van der Waals surface area contributed by atoms with Crippen molar-refractivity contribution in [3.8, 4) is 0 Å². The van der Waals surface area contributed by atoms with Crippen molar-refractivity contribution in [2.24, 2.45) is 0 Å². The highest BCUT2D eigenvalue weighted by atomic mass is 32.1. The summed E-state index contributed by atoms with van der Waals surface area (Å²) < 4.78 is 10.8. The number of aromatic nitrogens is 1. The Morgan fingerprint density at radius 1 is 1.14 bits per heavy atom. The highest BCUT2D eigenvalue weighted by molar-refractivity contribution is 7.09. The van der Waals surface area contributed by atoms with E-state index in [0.29, 0.717) is 16.3 Å². The van der Waals surface area contributed by atoms with Gasteiger partial charge in [-0.15, -0.1) is 11.3 Å². The fraction of sp³-hybridized carbons (Fsp3) is 0.136. The first-order chi connectivity index (χ1) is 14.1. The number of anilines is 1. The van der Waals surface area contributed by atoms with Crippen LogP contribution in [0.5, 0.6) is 0 Å². The molecule has 0 atom stereocenters. The number of esters is 1. The number of fused-ring (bicyclic) bond motifs is 1. The third-order valence-corrected chi connectivity index (χ3v) is 5.12. The van der Waals surface area contributed by atoms with Crippen molar-refractivity contribution in [2.75, 3.05) is 5.32 Å². The molecule has 0 saturated carbocycles. The predicted octanol–water partition coefficient (Wildman–Crippen LogP) is 4.74. The summed E-state index contributed by atoms with van der Waals surface area (Å²) in [5.41, 5.74) is 3.11. The zero-order valence-corrected chi connectivity index (χ0v) is 16.5. The van der Waals surface area contributed by atoms with Gasteiger partial charge in [0.05, 0.1) is 12.1 Å². The molecule has 0 bridgehead atoms. The van der Waals surface area contributed by atoms with E-state index in [-0.39, 0.29) is 24.7 Å². The zero-order valence-electron chi connectivity index (χ0n) is 15.7. The lowest BCUT2D eigenvalue weighted by molar-refractivity contribution is -0.115. The number of rotatable bonds is 6. The summed E-state index contributed by atoms with van der Waals surface area (Å²) in [5, 5.41) is 6.12. The SMILES string of the molecule is Cc1ccc(NC(=O)Cc2nc(COC(=O)c3cc4ccccc4o3)cs2)cc1. The van der Waals surface area contributed by atoms with E-state index in [4.69, 9.17) is 9.15 Å². The maximum atomic E-state index is 12.2. The Morgan fingerprint density at radius 3 is 2.72 bits per heavy atom. The number of thiazole rings is 1. The van der Waals surface area contributed by atoms with Crippen LogP contribution in [0.4, 0.5) is 5.69 Å². The van der Waals surface area contributed by atoms with Gasteiger partial charge in [-0.25, -0.2) is 9.78 Å². The molecule has 6 nitrogen and oxygen atoms in total. The van der Waals surface area contributed by atoms with Crippen LogP contribution in [-0.2, 0) is 22.6 Å². The molecule has 2 heterocycles. The van der Waals surface area contributed by atoms with Gasteiger partial charge in [0, 0.05) is 16.5 Å². The van der Waals surface area contributed by atoms with Gasteiger partial charge in [-0.3, -0.25) is 4.79 Å². The van der Waals surface area contributed by atoms with Crippen molar-refractivity contribution >= 4 is 39.9 Å². The van der Waals surface area contributed by atoms with Gasteiger partial charge in [0.2, 0.25) is 11.7 Å². The maximum Gasteiger partial charge on any atom is 0.374 e. The average molecular weight is 406 g/mol. The van der Waals surface area contributed by atoms with Crippen molar-refractivity contribution in [1.82, 2.24) is 4.98 Å². The summed E-state index contributed by atoms with van der Waals surface area (Å²) in [4.78, 5) is 28.7. The highest BCUT2D eigenvalue weighted by Crippen LogP contribution is 2.20. The Bertz CT molecular complexity index is 1130. The molecule has 0 aliphatic heterocycles. The number of carbonyl (C=O) groups excluding carboxylic acids is 2. The monoisotopic (exact) mass is 406 g/mol. The van der Waals surface area contributed by atoms with E-state index in [1.54, 1.807) is 17.5 Å². The molecular weight excluding hydrogens is 388 g/mol. The lowest BCUT2D eigenvalue weighted by Crippen LogP contribution is -2.14. The smallest absolute Gasteiger partial charge is 0.374 e. The largest absolute Gasteiger partial charge is 0.453 e. The number of carbonyl (C=O) groups is 2. The molecule has 0 fully saturated rings. The van der Waals surface area contributed by atoms with Gasteiger partial charge in [-0.1, -0.05) is 35.9 Å². The fourth-order valence-electron chi connectivity index (χ4n) is 2.77. The lowest BCUT2D eigenvalue weighted by atomic mass is 10.2. The van der Waals surface area contributed by atoms with E-state index in [1.165, 1.54) is 11.3 Å². The molecule has 0 spiro atoms. The first-order valence-corrected chi connectivity index (χ1v) is 9.90. The summed E-state index contributed by atoms with van der Waals surface area (Å²) in [6.45, 7) is 2.01. The number of hydrogen-bond acceptors (Lipinski definition) is 6. The highest BCUT2D eigenvalue weighted by Gasteiger charge is 2.15. The average Bonchev–Trinajstić information content (AvgIpc) is 3.34. The minimum atomic E-state index is -0.548. The number of amides is 1. The molecule has 1 N–H and O–H groups in total. The van der Waals surface area contributed by atoms with Gasteiger partial charge in [0.25, 0.3) is 0 Å². The van der Waals surface area contributed by atoms with Crippen LogP contribution < -0.4 is 5.32 Å². The topological polar surface area (TPSA) is 81.4 Å². The Kier molecular flexibility index (Phi) is 5.39. The number of nitrogens with one attached hydrogen (secondary N) is 1. The second-order valence-corrected chi connectivity index (χ2v) is 7.49. The van der Waals surface area contributed by atoms with Gasteiger partial charge in [0.15, 0.2) is 0 Å². The molecule has 146 valence electrons. The molecule has 0 radical (unpaired) electrons. The zero-order chi connectivity index (χ0) is 20.2. The normalized spacial score (nSPS) is 10.8. The predicted molar refractivity (Wildman–Crippen MR) is 111 cm³/mol. The third kappa shape index (κ3) is 4.70. The second-order valence-electron chi connectivity index (χ2n) is 6.55. The van der Waals surface area contributed by atoms with E-state index < -0.39 is 5.97 Å². The number of nitrogens with zero attached hydrogens (tertiary/aromatic N) is 1. The van der Waals surface area contributed by atoms with Gasteiger partial charge in [-0.2, -0.15) is 0 Å². The van der Waals surface area contributed by atoms with Gasteiger partial charge in [-0.05, 0) is 31.2 Å². The van der Waals surface area contributed by atoms with Crippen molar-refractivity contribution in [3.63, 3.8) is 0 Å². The molecule has 0 unspecified atom stereocenters. The lowest BCUT2D eigenvalue weighted by Gasteiger charge is -2.04. The van der Waals surface area contributed by atoms with E-state index in [0.717, 1.165) is 16.6 Å². The number of benzene rings is 2. The van der Waals surface area contributed by atoms with Crippen LogP contribution in [0.2, 0.25) is 0 Å². The van der Waals surface area contributed by atoms with Crippen molar-refractivity contribution in [1.29, 1.82) is 0 Å². The molecule has 29 heavy (non-hydrogen) atoms. The van der Waals surface area contributed by atoms with Crippen molar-refractivity contribution in [3.05, 3.63) is 82.0 Å². The standard InChI is InChI=1S/C22H18N2O4S/c1-14-6-8-16(9-7-14)23-20(25)11-21-24-17(13-29-21)12-27-22(26)19-10-15-4-2-3-5-18(15)28-19/h2-10,13H,11-12H2,1H3,(H,23,25). The van der Waals surface area contributed by atoms with Crippen LogP contribution in [-0.4, -0.2) is 16.9 Å². The second kappa shape index (κ2) is 8.28. The Morgan fingerprint density at radius 2 is 1.93 bits per heavy atom. The number of furan rings is 1. The molecule has 0 aliphatic rings. The van der Waals surface area contributed by atoms with E-state index in [9.17, 15) is 9.59 Å². The van der Waals surface area contributed by atoms with Crippen LogP contribution in [0, 0.1) is 6.92 Å². The van der Waals surface area contributed by atoms with Crippen LogP contribution >= 0.6 is 11.3 Å². The molecule has 0 saturated heterocycles. The summed E-state index contributed by atoms with van der Waals surface area (Å²) in [6, 6.07) is 16.6. The van der Waals surface area contributed by atoms with Crippen LogP contribution in [0.15, 0.2) is 64.4 Å². The van der Waals surface area contributed by atoms with Crippen molar-refractivity contribution < 1.29 is 18.7 Å². The first kappa shape index (κ1) is 18.9. The minimum Gasteiger partial charge on any atom is -0.453 e. The van der Waals surface area contributed by atoms with Gasteiger partial charge < -0.3 is 14.5 Å². The van der Waals surface area contributed by atoms with Crippen molar-refractivity contribution in [2.45, 2.75) is 20.0 Å². The summed E-state index contributed by atoms with van der Waals surface area (Å²) in [5.74, 6) is -0.541. The first-order valence-electron chi connectivity index (χ1n) is 9.02. The Hall–Kier alpha value is -3.45.